The molecule has 4 nitrogen and oxygen atoms in total. The van der Waals surface area contributed by atoms with Gasteiger partial charge in [0.15, 0.2) is 5.13 Å². The summed E-state index contributed by atoms with van der Waals surface area (Å²) in [6.45, 7) is 4.37. The summed E-state index contributed by atoms with van der Waals surface area (Å²) in [6.07, 6.45) is 0.742. The van der Waals surface area contributed by atoms with E-state index in [0.717, 1.165) is 16.6 Å². The first-order chi connectivity index (χ1) is 8.63. The van der Waals surface area contributed by atoms with Crippen LogP contribution in [0.15, 0.2) is 18.2 Å². The molecule has 1 aromatic heterocycles. The molecule has 1 atom stereocenters. The number of carbonyl (C=O) groups is 1. The molecule has 3 N–H and O–H groups in total. The average molecular weight is 263 g/mol. The van der Waals surface area contributed by atoms with Crippen molar-refractivity contribution in [2.45, 2.75) is 20.3 Å². The van der Waals surface area contributed by atoms with Crippen LogP contribution in [0.5, 0.6) is 0 Å². The molecule has 1 amide bonds. The molecule has 0 fully saturated rings. The van der Waals surface area contributed by atoms with Crippen molar-refractivity contribution in [2.75, 3.05) is 11.9 Å². The van der Waals surface area contributed by atoms with Crippen molar-refractivity contribution in [1.29, 1.82) is 0 Å². The Balaban J connectivity index is 2.19. The van der Waals surface area contributed by atoms with E-state index in [4.69, 9.17) is 5.73 Å². The van der Waals surface area contributed by atoms with E-state index in [1.165, 1.54) is 16.9 Å². The van der Waals surface area contributed by atoms with E-state index in [2.05, 4.69) is 16.4 Å². The summed E-state index contributed by atoms with van der Waals surface area (Å²) in [5.41, 5.74) is 7.67. The summed E-state index contributed by atoms with van der Waals surface area (Å²) in [5.74, 6) is -0.186. The maximum absolute atomic E-state index is 11.9. The molecule has 2 rings (SSSR count). The van der Waals surface area contributed by atoms with Crippen LogP contribution in [0.4, 0.5) is 5.13 Å². The first-order valence-corrected chi connectivity index (χ1v) is 6.83. The number of thiazole rings is 1. The first kappa shape index (κ1) is 13.0. The van der Waals surface area contributed by atoms with Gasteiger partial charge in [0.1, 0.15) is 0 Å². The number of aryl methyl sites for hydroxylation is 1. The maximum Gasteiger partial charge on any atom is 0.230 e. The predicted molar refractivity (Wildman–Crippen MR) is 75.8 cm³/mol. The number of nitrogens with two attached hydrogens (primary N) is 1. The van der Waals surface area contributed by atoms with Gasteiger partial charge in [-0.2, -0.15) is 0 Å². The molecule has 0 spiro atoms. The molecule has 0 aliphatic carbocycles. The highest BCUT2D eigenvalue weighted by molar-refractivity contribution is 7.22. The second-order valence-corrected chi connectivity index (χ2v) is 5.35. The fourth-order valence-electron chi connectivity index (χ4n) is 1.75. The number of fused-ring (bicyclic) bond motifs is 1. The number of rotatable bonds is 4. The minimum Gasteiger partial charge on any atom is -0.330 e. The van der Waals surface area contributed by atoms with Gasteiger partial charge in [-0.3, -0.25) is 4.79 Å². The van der Waals surface area contributed by atoms with E-state index < -0.39 is 0 Å². The monoisotopic (exact) mass is 263 g/mol. The second-order valence-electron chi connectivity index (χ2n) is 4.32. The molecule has 1 heterocycles. The zero-order valence-electron chi connectivity index (χ0n) is 10.6. The minimum atomic E-state index is -0.140. The highest BCUT2D eigenvalue weighted by atomic mass is 32.1. The lowest BCUT2D eigenvalue weighted by Gasteiger charge is -2.10. The number of nitrogens with zero attached hydrogens (tertiary/aromatic N) is 1. The van der Waals surface area contributed by atoms with Crippen LogP contribution in [0.3, 0.4) is 0 Å². The van der Waals surface area contributed by atoms with Gasteiger partial charge in [-0.15, -0.1) is 0 Å². The van der Waals surface area contributed by atoms with Crippen LogP contribution in [0, 0.1) is 12.8 Å². The van der Waals surface area contributed by atoms with Gasteiger partial charge in [-0.05, 0) is 31.0 Å². The Morgan fingerprint density at radius 2 is 2.33 bits per heavy atom. The second kappa shape index (κ2) is 5.46. The van der Waals surface area contributed by atoms with Gasteiger partial charge in [-0.25, -0.2) is 4.98 Å². The number of amides is 1. The van der Waals surface area contributed by atoms with Gasteiger partial charge in [0.25, 0.3) is 0 Å². The molecule has 18 heavy (non-hydrogen) atoms. The Hall–Kier alpha value is -1.46. The molecular weight excluding hydrogens is 246 g/mol. The third kappa shape index (κ3) is 2.68. The molecule has 0 radical (unpaired) electrons. The molecule has 5 heteroatoms. The molecule has 96 valence electrons. The van der Waals surface area contributed by atoms with Gasteiger partial charge < -0.3 is 11.1 Å². The summed E-state index contributed by atoms with van der Waals surface area (Å²) in [4.78, 5) is 16.3. The fraction of sp³-hybridized carbons (Fsp3) is 0.385. The van der Waals surface area contributed by atoms with E-state index in [-0.39, 0.29) is 11.8 Å². The highest BCUT2D eigenvalue weighted by Crippen LogP contribution is 2.27. The predicted octanol–water partition coefficient (Wildman–Crippen LogP) is 2.53. The highest BCUT2D eigenvalue weighted by Gasteiger charge is 2.16. The standard InChI is InChI=1S/C13H17N3OS/c1-3-9(7-14)12(17)16-13-15-10-5-4-8(2)6-11(10)18-13/h4-6,9H,3,7,14H2,1-2H3,(H,15,16,17). The van der Waals surface area contributed by atoms with Crippen LogP contribution >= 0.6 is 11.3 Å². The van der Waals surface area contributed by atoms with Gasteiger partial charge in [0.2, 0.25) is 5.91 Å². The number of carbonyl (C=O) groups excluding carboxylic acids is 1. The van der Waals surface area contributed by atoms with Crippen molar-refractivity contribution in [1.82, 2.24) is 4.98 Å². The first-order valence-electron chi connectivity index (χ1n) is 6.02. The van der Waals surface area contributed by atoms with E-state index in [9.17, 15) is 4.79 Å². The molecular formula is C13H17N3OS. The number of anilines is 1. The molecule has 0 aliphatic heterocycles. The number of hydrogen-bond donors (Lipinski definition) is 2. The molecule has 2 aromatic rings. The lowest BCUT2D eigenvalue weighted by atomic mass is 10.1. The number of hydrogen-bond acceptors (Lipinski definition) is 4. The van der Waals surface area contributed by atoms with Gasteiger partial charge >= 0.3 is 0 Å². The fourth-order valence-corrected chi connectivity index (χ4v) is 2.72. The van der Waals surface area contributed by atoms with E-state index in [1.54, 1.807) is 0 Å². The Morgan fingerprint density at radius 3 is 3.00 bits per heavy atom. The molecule has 1 aromatic carbocycles. The van der Waals surface area contributed by atoms with E-state index in [1.807, 2.05) is 26.0 Å². The van der Waals surface area contributed by atoms with Crippen molar-refractivity contribution in [2.24, 2.45) is 11.7 Å². The van der Waals surface area contributed by atoms with Crippen molar-refractivity contribution in [3.05, 3.63) is 23.8 Å². The zero-order chi connectivity index (χ0) is 13.1. The smallest absolute Gasteiger partial charge is 0.230 e. The van der Waals surface area contributed by atoms with Crippen molar-refractivity contribution < 1.29 is 4.79 Å². The number of nitrogens with one attached hydrogen (secondary N) is 1. The largest absolute Gasteiger partial charge is 0.330 e. The van der Waals surface area contributed by atoms with Crippen molar-refractivity contribution >= 4 is 32.6 Å². The maximum atomic E-state index is 11.9. The van der Waals surface area contributed by atoms with Crippen molar-refractivity contribution in [3.8, 4) is 0 Å². The quantitative estimate of drug-likeness (QED) is 0.890. The third-order valence-corrected chi connectivity index (χ3v) is 3.86. The van der Waals surface area contributed by atoms with Crippen LogP contribution < -0.4 is 11.1 Å². The number of benzene rings is 1. The average Bonchev–Trinajstić information content (AvgIpc) is 2.71. The van der Waals surface area contributed by atoms with Crippen LogP contribution in [-0.4, -0.2) is 17.4 Å². The molecule has 0 saturated carbocycles. The number of aromatic nitrogens is 1. The minimum absolute atomic E-state index is 0.0456. The van der Waals surface area contributed by atoms with Crippen LogP contribution in [0.1, 0.15) is 18.9 Å². The Labute approximate surface area is 110 Å². The lowest BCUT2D eigenvalue weighted by Crippen LogP contribution is -2.28. The zero-order valence-corrected chi connectivity index (χ0v) is 11.4. The summed E-state index contributed by atoms with van der Waals surface area (Å²) in [5, 5.41) is 3.49. The Kier molecular flexibility index (Phi) is 3.93. The molecule has 0 bridgehead atoms. The van der Waals surface area contributed by atoms with Gasteiger partial charge in [0.05, 0.1) is 16.1 Å². The summed E-state index contributed by atoms with van der Waals surface area (Å²) < 4.78 is 1.09. The summed E-state index contributed by atoms with van der Waals surface area (Å²) in [7, 11) is 0. The normalized spacial score (nSPS) is 12.6. The Bertz CT molecular complexity index is 560. The van der Waals surface area contributed by atoms with E-state index >= 15 is 0 Å². The van der Waals surface area contributed by atoms with Crippen LogP contribution in [0.2, 0.25) is 0 Å². The molecule has 1 unspecified atom stereocenters. The third-order valence-electron chi connectivity index (χ3n) is 2.92. The Morgan fingerprint density at radius 1 is 1.56 bits per heavy atom. The topological polar surface area (TPSA) is 68.0 Å². The van der Waals surface area contributed by atoms with E-state index in [0.29, 0.717) is 11.7 Å². The summed E-state index contributed by atoms with van der Waals surface area (Å²) >= 11 is 1.49. The van der Waals surface area contributed by atoms with Crippen molar-refractivity contribution in [3.63, 3.8) is 0 Å². The summed E-state index contributed by atoms with van der Waals surface area (Å²) in [6, 6.07) is 6.06. The lowest BCUT2D eigenvalue weighted by molar-refractivity contribution is -0.119. The molecule has 0 aliphatic rings. The van der Waals surface area contributed by atoms with Gasteiger partial charge in [0, 0.05) is 6.54 Å². The van der Waals surface area contributed by atoms with Crippen LogP contribution in [0.25, 0.3) is 10.2 Å². The van der Waals surface area contributed by atoms with Crippen LogP contribution in [-0.2, 0) is 4.79 Å². The SMILES string of the molecule is CCC(CN)C(=O)Nc1nc2ccc(C)cc2s1. The molecule has 0 saturated heterocycles. The van der Waals surface area contributed by atoms with Gasteiger partial charge in [-0.1, -0.05) is 24.3 Å².